The largest absolute Gasteiger partial charge is 0.310 e. The predicted molar refractivity (Wildman–Crippen MR) is 126 cm³/mol. The standard InChI is InChI=1S/C24H27N7O2/c1-14-8-7-11-19(16(14)3)30-21-18(13-25-30)23(33)28-24(27-21)31-20(12-15(2)29-31)26-22(32)17-9-5-4-6-10-17/h7-8,11-13,17H,4-6,9-10H2,1-3H3,(H,26,32)(H,27,28,33). The van der Waals surface area contributed by atoms with Gasteiger partial charge in [0, 0.05) is 12.0 Å². The molecule has 3 heterocycles. The molecule has 9 heteroatoms. The van der Waals surface area contributed by atoms with Gasteiger partial charge in [-0.15, -0.1) is 0 Å². The minimum atomic E-state index is -0.315. The molecule has 33 heavy (non-hydrogen) atoms. The number of aromatic amines is 1. The Morgan fingerprint density at radius 1 is 1.12 bits per heavy atom. The van der Waals surface area contributed by atoms with E-state index < -0.39 is 0 Å². The van der Waals surface area contributed by atoms with Crippen LogP contribution in [0, 0.1) is 26.7 Å². The zero-order valence-electron chi connectivity index (χ0n) is 19.1. The number of nitrogens with one attached hydrogen (secondary N) is 2. The highest BCUT2D eigenvalue weighted by Crippen LogP contribution is 2.26. The summed E-state index contributed by atoms with van der Waals surface area (Å²) in [5.74, 6) is 0.706. The van der Waals surface area contributed by atoms with Gasteiger partial charge in [-0.05, 0) is 50.8 Å². The number of aromatic nitrogens is 6. The van der Waals surface area contributed by atoms with Gasteiger partial charge in [-0.3, -0.25) is 14.6 Å². The smallest absolute Gasteiger partial charge is 0.263 e. The van der Waals surface area contributed by atoms with E-state index in [9.17, 15) is 9.59 Å². The zero-order valence-corrected chi connectivity index (χ0v) is 19.1. The van der Waals surface area contributed by atoms with E-state index in [1.54, 1.807) is 10.7 Å². The third-order valence-corrected chi connectivity index (χ3v) is 6.49. The van der Waals surface area contributed by atoms with Crippen LogP contribution < -0.4 is 10.9 Å². The normalized spacial score (nSPS) is 14.6. The molecule has 0 saturated heterocycles. The SMILES string of the molecule is Cc1cc(NC(=O)C2CCCCC2)n(-c2nc3c(cnn3-c3cccc(C)c3C)c(=O)[nH]2)n1. The summed E-state index contributed by atoms with van der Waals surface area (Å²) in [5, 5.41) is 12.3. The lowest BCUT2D eigenvalue weighted by atomic mass is 9.89. The number of nitrogens with zero attached hydrogens (tertiary/aromatic N) is 5. The molecule has 1 aliphatic carbocycles. The van der Waals surface area contributed by atoms with Gasteiger partial charge in [0.1, 0.15) is 11.2 Å². The van der Waals surface area contributed by atoms with Gasteiger partial charge in [0.05, 0.1) is 17.6 Å². The fraction of sp³-hybridized carbons (Fsp3) is 0.375. The van der Waals surface area contributed by atoms with E-state index in [2.05, 4.69) is 20.5 Å². The van der Waals surface area contributed by atoms with Gasteiger partial charge in [0.15, 0.2) is 5.65 Å². The maximum Gasteiger partial charge on any atom is 0.263 e. The van der Waals surface area contributed by atoms with E-state index >= 15 is 0 Å². The minimum absolute atomic E-state index is 0.00243. The molecule has 1 amide bonds. The Kier molecular flexibility index (Phi) is 5.32. The highest BCUT2D eigenvalue weighted by molar-refractivity contribution is 5.92. The summed E-state index contributed by atoms with van der Waals surface area (Å²) in [5.41, 5.74) is 3.86. The second-order valence-electron chi connectivity index (χ2n) is 8.81. The molecule has 0 radical (unpaired) electrons. The first-order valence-corrected chi connectivity index (χ1v) is 11.3. The molecular weight excluding hydrogens is 418 g/mol. The Hall–Kier alpha value is -3.75. The first kappa shape index (κ1) is 21.1. The van der Waals surface area contributed by atoms with Crippen LogP contribution in [0.1, 0.15) is 48.9 Å². The average molecular weight is 446 g/mol. The maximum absolute atomic E-state index is 12.9. The Balaban J connectivity index is 1.58. The van der Waals surface area contributed by atoms with Crippen molar-refractivity contribution in [1.82, 2.24) is 29.5 Å². The molecular formula is C24H27N7O2. The van der Waals surface area contributed by atoms with Crippen LogP contribution in [-0.2, 0) is 4.79 Å². The van der Waals surface area contributed by atoms with Crippen molar-refractivity contribution < 1.29 is 4.79 Å². The second kappa shape index (κ2) is 8.31. The molecule has 0 unspecified atom stereocenters. The topological polar surface area (TPSA) is 110 Å². The van der Waals surface area contributed by atoms with Crippen molar-refractivity contribution in [3.8, 4) is 11.6 Å². The first-order valence-electron chi connectivity index (χ1n) is 11.3. The second-order valence-corrected chi connectivity index (χ2v) is 8.81. The van der Waals surface area contributed by atoms with Crippen LogP contribution in [0.5, 0.6) is 0 Å². The first-order chi connectivity index (χ1) is 15.9. The van der Waals surface area contributed by atoms with Crippen molar-refractivity contribution in [3.05, 3.63) is 57.6 Å². The van der Waals surface area contributed by atoms with Gasteiger partial charge in [-0.1, -0.05) is 31.4 Å². The monoisotopic (exact) mass is 445 g/mol. The summed E-state index contributed by atoms with van der Waals surface area (Å²) in [7, 11) is 0. The summed E-state index contributed by atoms with van der Waals surface area (Å²) < 4.78 is 3.16. The number of fused-ring (bicyclic) bond motifs is 1. The Bertz CT molecular complexity index is 1410. The number of carbonyl (C=O) groups is 1. The summed E-state index contributed by atoms with van der Waals surface area (Å²) in [6.45, 7) is 5.88. The molecule has 0 bridgehead atoms. The fourth-order valence-electron chi connectivity index (χ4n) is 4.49. The number of hydrogen-bond donors (Lipinski definition) is 2. The lowest BCUT2D eigenvalue weighted by Gasteiger charge is -2.20. The van der Waals surface area contributed by atoms with Crippen molar-refractivity contribution in [1.29, 1.82) is 0 Å². The lowest BCUT2D eigenvalue weighted by molar-refractivity contribution is -0.120. The van der Waals surface area contributed by atoms with Crippen molar-refractivity contribution in [2.75, 3.05) is 5.32 Å². The molecule has 1 saturated carbocycles. The lowest BCUT2D eigenvalue weighted by Crippen LogP contribution is -2.26. The quantitative estimate of drug-likeness (QED) is 0.497. The average Bonchev–Trinajstić information content (AvgIpc) is 3.40. The number of anilines is 1. The molecule has 9 nitrogen and oxygen atoms in total. The van der Waals surface area contributed by atoms with E-state index in [1.165, 1.54) is 17.3 Å². The Labute approximate surface area is 190 Å². The van der Waals surface area contributed by atoms with Crippen LogP contribution in [0.15, 0.2) is 35.3 Å². The molecule has 3 aromatic heterocycles. The van der Waals surface area contributed by atoms with Crippen LogP contribution in [0.4, 0.5) is 5.82 Å². The van der Waals surface area contributed by atoms with Gasteiger partial charge in [0.25, 0.3) is 5.56 Å². The van der Waals surface area contributed by atoms with Crippen LogP contribution in [0.2, 0.25) is 0 Å². The van der Waals surface area contributed by atoms with E-state index in [0.717, 1.165) is 42.5 Å². The highest BCUT2D eigenvalue weighted by Gasteiger charge is 2.23. The molecule has 170 valence electrons. The fourth-order valence-corrected chi connectivity index (χ4v) is 4.49. The van der Waals surface area contributed by atoms with Crippen LogP contribution in [0.3, 0.4) is 0 Å². The molecule has 5 rings (SSSR count). The van der Waals surface area contributed by atoms with Crippen molar-refractivity contribution in [2.45, 2.75) is 52.9 Å². The number of amides is 1. The summed E-state index contributed by atoms with van der Waals surface area (Å²) >= 11 is 0. The van der Waals surface area contributed by atoms with Crippen LogP contribution in [0.25, 0.3) is 22.7 Å². The van der Waals surface area contributed by atoms with E-state index in [1.807, 2.05) is 39.0 Å². The van der Waals surface area contributed by atoms with Crippen molar-refractivity contribution in [2.24, 2.45) is 5.92 Å². The number of rotatable bonds is 4. The predicted octanol–water partition coefficient (Wildman–Crippen LogP) is 3.74. The third-order valence-electron chi connectivity index (χ3n) is 6.49. The molecule has 4 aromatic rings. The number of benzene rings is 1. The van der Waals surface area contributed by atoms with E-state index in [4.69, 9.17) is 4.98 Å². The van der Waals surface area contributed by atoms with Crippen LogP contribution >= 0.6 is 0 Å². The molecule has 0 spiro atoms. The third kappa shape index (κ3) is 3.83. The van der Waals surface area contributed by atoms with Gasteiger partial charge >= 0.3 is 0 Å². The minimum Gasteiger partial charge on any atom is -0.310 e. The van der Waals surface area contributed by atoms with E-state index in [0.29, 0.717) is 22.5 Å². The molecule has 1 fully saturated rings. The Morgan fingerprint density at radius 2 is 1.91 bits per heavy atom. The number of aryl methyl sites for hydroxylation is 2. The zero-order chi connectivity index (χ0) is 23.1. The number of H-pyrrole nitrogens is 1. The van der Waals surface area contributed by atoms with Crippen molar-refractivity contribution >= 4 is 22.8 Å². The summed E-state index contributed by atoms with van der Waals surface area (Å²) in [6, 6.07) is 7.72. The molecule has 0 atom stereocenters. The van der Waals surface area contributed by atoms with Gasteiger partial charge in [-0.2, -0.15) is 19.9 Å². The number of hydrogen-bond acceptors (Lipinski definition) is 5. The van der Waals surface area contributed by atoms with Crippen molar-refractivity contribution in [3.63, 3.8) is 0 Å². The van der Waals surface area contributed by atoms with Gasteiger partial charge in [-0.25, -0.2) is 4.68 Å². The van der Waals surface area contributed by atoms with E-state index in [-0.39, 0.29) is 23.3 Å². The number of carbonyl (C=O) groups excluding carboxylic acids is 1. The highest BCUT2D eigenvalue weighted by atomic mass is 16.2. The summed E-state index contributed by atoms with van der Waals surface area (Å²) in [4.78, 5) is 33.2. The molecule has 0 aliphatic heterocycles. The van der Waals surface area contributed by atoms with Crippen LogP contribution in [-0.4, -0.2) is 35.4 Å². The van der Waals surface area contributed by atoms with Gasteiger partial charge < -0.3 is 5.32 Å². The summed E-state index contributed by atoms with van der Waals surface area (Å²) in [6.07, 6.45) is 6.64. The molecule has 2 N–H and O–H groups in total. The Morgan fingerprint density at radius 3 is 2.70 bits per heavy atom. The van der Waals surface area contributed by atoms with Gasteiger partial charge in [0.2, 0.25) is 11.9 Å². The maximum atomic E-state index is 12.9. The molecule has 1 aliphatic rings. The molecule has 1 aromatic carbocycles.